The zero-order chi connectivity index (χ0) is 15.3. The lowest BCUT2D eigenvalue weighted by atomic mass is 10.0. The van der Waals surface area contributed by atoms with Gasteiger partial charge in [-0.1, -0.05) is 42.5 Å². The lowest BCUT2D eigenvalue weighted by Crippen LogP contribution is -2.23. The Balaban J connectivity index is 1.96. The number of carbonyl (C=O) groups is 1. The molecule has 0 aromatic heterocycles. The summed E-state index contributed by atoms with van der Waals surface area (Å²) in [6.07, 6.45) is 3.21. The number of rotatable bonds is 3. The van der Waals surface area contributed by atoms with E-state index in [0.717, 1.165) is 0 Å². The van der Waals surface area contributed by atoms with Crippen molar-refractivity contribution in [1.29, 1.82) is 0 Å². The van der Waals surface area contributed by atoms with Crippen LogP contribution in [0.25, 0.3) is 10.8 Å². The van der Waals surface area contributed by atoms with Gasteiger partial charge in [0.2, 0.25) is 0 Å². The number of benzene rings is 2. The second-order valence-electron chi connectivity index (χ2n) is 5.80. The smallest absolute Gasteiger partial charge is 0.428 e. The van der Waals surface area contributed by atoms with Crippen LogP contribution in [0.1, 0.15) is 26.3 Å². The van der Waals surface area contributed by atoms with E-state index in [1.165, 1.54) is 22.6 Å². The van der Waals surface area contributed by atoms with E-state index in [-0.39, 0.29) is 0 Å². The van der Waals surface area contributed by atoms with Crippen molar-refractivity contribution in [2.75, 3.05) is 0 Å². The van der Waals surface area contributed by atoms with Crippen LogP contribution in [0, 0.1) is 0 Å². The minimum Gasteiger partial charge on any atom is -0.428 e. The van der Waals surface area contributed by atoms with Crippen LogP contribution in [-0.4, -0.2) is 11.8 Å². The maximum absolute atomic E-state index is 11.4. The summed E-state index contributed by atoms with van der Waals surface area (Å²) in [6.45, 7) is 5.40. The number of fused-ring (bicyclic) bond motifs is 1. The summed E-state index contributed by atoms with van der Waals surface area (Å²) < 4.78 is 9.96. The molecule has 0 aliphatic heterocycles. The molecule has 2 rings (SSSR count). The van der Waals surface area contributed by atoms with E-state index in [2.05, 4.69) is 24.3 Å². The lowest BCUT2D eigenvalue weighted by molar-refractivity contribution is 0.0110. The summed E-state index contributed by atoms with van der Waals surface area (Å²) in [7, 11) is 0. The molecule has 3 nitrogen and oxygen atoms in total. The maximum atomic E-state index is 11.4. The zero-order valence-electron chi connectivity index (χ0n) is 12.6. The molecule has 0 aliphatic rings. The Morgan fingerprint density at radius 1 is 1.10 bits per heavy atom. The van der Waals surface area contributed by atoms with Crippen LogP contribution in [-0.2, 0) is 15.9 Å². The molecule has 0 amide bonds. The average molecular weight is 284 g/mol. The first-order chi connectivity index (χ1) is 9.96. The predicted molar refractivity (Wildman–Crippen MR) is 84.1 cm³/mol. The number of hydrogen-bond acceptors (Lipinski definition) is 3. The van der Waals surface area contributed by atoms with E-state index < -0.39 is 11.8 Å². The summed E-state index contributed by atoms with van der Waals surface area (Å²) >= 11 is 0. The van der Waals surface area contributed by atoms with Crippen LogP contribution in [0.2, 0.25) is 0 Å². The number of hydrogen-bond donors (Lipinski definition) is 0. The quantitative estimate of drug-likeness (QED) is 0.597. The highest BCUT2D eigenvalue weighted by atomic mass is 16.7. The van der Waals surface area contributed by atoms with Gasteiger partial charge >= 0.3 is 6.16 Å². The maximum Gasteiger partial charge on any atom is 0.513 e. The minimum absolute atomic E-state index is 0.541. The molecule has 0 spiro atoms. The van der Waals surface area contributed by atoms with Crippen molar-refractivity contribution in [1.82, 2.24) is 0 Å². The predicted octanol–water partition coefficient (Wildman–Crippen LogP) is 4.85. The van der Waals surface area contributed by atoms with Crippen LogP contribution in [0.4, 0.5) is 4.79 Å². The Labute approximate surface area is 125 Å². The highest BCUT2D eigenvalue weighted by molar-refractivity contribution is 5.85. The van der Waals surface area contributed by atoms with Crippen molar-refractivity contribution < 1.29 is 14.3 Å². The molecular formula is C18H20O3. The highest BCUT2D eigenvalue weighted by Crippen LogP contribution is 2.19. The fraction of sp³-hybridized carbons (Fsp3) is 0.278. The molecule has 0 saturated heterocycles. The second-order valence-corrected chi connectivity index (χ2v) is 5.80. The van der Waals surface area contributed by atoms with Gasteiger partial charge in [-0.2, -0.15) is 0 Å². The molecule has 2 aromatic carbocycles. The van der Waals surface area contributed by atoms with Crippen molar-refractivity contribution in [2.45, 2.75) is 32.8 Å². The van der Waals surface area contributed by atoms with Gasteiger partial charge in [-0.05, 0) is 49.6 Å². The molecule has 0 saturated carbocycles. The highest BCUT2D eigenvalue weighted by Gasteiger charge is 2.16. The normalized spacial score (nSPS) is 11.8. The topological polar surface area (TPSA) is 35.5 Å². The summed E-state index contributed by atoms with van der Waals surface area (Å²) in [5.74, 6) is 0. The van der Waals surface area contributed by atoms with Crippen molar-refractivity contribution in [3.8, 4) is 0 Å². The number of ether oxygens (including phenoxy) is 2. The Kier molecular flexibility index (Phi) is 4.63. The van der Waals surface area contributed by atoms with Crippen LogP contribution in [0.3, 0.4) is 0 Å². The van der Waals surface area contributed by atoms with E-state index in [1.54, 1.807) is 20.8 Å². The molecule has 0 unspecified atom stereocenters. The number of carbonyl (C=O) groups excluding carboxylic acids is 1. The van der Waals surface area contributed by atoms with Crippen LogP contribution >= 0.6 is 0 Å². The van der Waals surface area contributed by atoms with E-state index in [0.29, 0.717) is 6.42 Å². The summed E-state index contributed by atoms with van der Waals surface area (Å²) in [4.78, 5) is 11.4. The first-order valence-corrected chi connectivity index (χ1v) is 6.97. The minimum atomic E-state index is -0.684. The van der Waals surface area contributed by atoms with Gasteiger partial charge in [0.15, 0.2) is 0 Å². The van der Waals surface area contributed by atoms with Gasteiger partial charge in [0.05, 0.1) is 6.26 Å². The largest absolute Gasteiger partial charge is 0.513 e. The van der Waals surface area contributed by atoms with Gasteiger partial charge in [-0.15, -0.1) is 0 Å². The first kappa shape index (κ1) is 15.1. The fourth-order valence-corrected chi connectivity index (χ4v) is 2.02. The van der Waals surface area contributed by atoms with Crippen molar-refractivity contribution in [2.24, 2.45) is 0 Å². The van der Waals surface area contributed by atoms with Crippen molar-refractivity contribution in [3.05, 3.63) is 60.4 Å². The summed E-state index contributed by atoms with van der Waals surface area (Å²) in [5.41, 5.74) is 0.651. The monoisotopic (exact) mass is 284 g/mol. The SMILES string of the molecule is CC(C)(C)OC(=O)OC=CCc1cccc2ccccc12. The molecule has 0 bridgehead atoms. The molecule has 0 heterocycles. The Hall–Kier alpha value is -2.29. The van der Waals surface area contributed by atoms with Crippen molar-refractivity contribution >= 4 is 16.9 Å². The molecule has 0 fully saturated rings. The van der Waals surface area contributed by atoms with Gasteiger partial charge in [-0.25, -0.2) is 4.79 Å². The molecule has 0 radical (unpaired) electrons. The number of allylic oxidation sites excluding steroid dienone is 1. The molecule has 0 N–H and O–H groups in total. The third-order valence-electron chi connectivity index (χ3n) is 2.87. The molecule has 0 aliphatic carbocycles. The zero-order valence-corrected chi connectivity index (χ0v) is 12.6. The first-order valence-electron chi connectivity index (χ1n) is 6.97. The van der Waals surface area contributed by atoms with E-state index in [4.69, 9.17) is 9.47 Å². The van der Waals surface area contributed by atoms with Gasteiger partial charge in [0.25, 0.3) is 0 Å². The van der Waals surface area contributed by atoms with Gasteiger partial charge < -0.3 is 9.47 Å². The third kappa shape index (κ3) is 4.63. The molecule has 110 valence electrons. The van der Waals surface area contributed by atoms with Crippen molar-refractivity contribution in [3.63, 3.8) is 0 Å². The van der Waals surface area contributed by atoms with E-state index in [1.807, 2.05) is 24.3 Å². The molecule has 3 heteroatoms. The van der Waals surface area contributed by atoms with Crippen LogP contribution < -0.4 is 0 Å². The third-order valence-corrected chi connectivity index (χ3v) is 2.87. The van der Waals surface area contributed by atoms with Gasteiger partial charge in [-0.3, -0.25) is 0 Å². The summed E-state index contributed by atoms with van der Waals surface area (Å²) in [6, 6.07) is 14.4. The van der Waals surface area contributed by atoms with Crippen LogP contribution in [0.15, 0.2) is 54.8 Å². The second kappa shape index (κ2) is 6.44. The molecule has 21 heavy (non-hydrogen) atoms. The average Bonchev–Trinajstić information content (AvgIpc) is 2.42. The van der Waals surface area contributed by atoms with Gasteiger partial charge in [0, 0.05) is 0 Å². The molecule has 0 atom stereocenters. The standard InChI is InChI=1S/C18H20O3/c1-18(2,3)21-17(19)20-13-7-11-15-10-6-9-14-8-4-5-12-16(14)15/h4-10,12-13H,11H2,1-3H3. The fourth-order valence-electron chi connectivity index (χ4n) is 2.02. The van der Waals surface area contributed by atoms with E-state index >= 15 is 0 Å². The Morgan fingerprint density at radius 3 is 2.57 bits per heavy atom. The lowest BCUT2D eigenvalue weighted by Gasteiger charge is -2.17. The summed E-state index contributed by atoms with van der Waals surface area (Å²) in [5, 5.41) is 2.42. The molecule has 2 aromatic rings. The molecular weight excluding hydrogens is 264 g/mol. The Bertz CT molecular complexity index is 646. The Morgan fingerprint density at radius 2 is 1.81 bits per heavy atom. The van der Waals surface area contributed by atoms with Gasteiger partial charge in [0.1, 0.15) is 5.60 Å². The van der Waals surface area contributed by atoms with Crippen LogP contribution in [0.5, 0.6) is 0 Å². The van der Waals surface area contributed by atoms with E-state index in [9.17, 15) is 4.79 Å².